The molecule has 2 heterocycles. The smallest absolute Gasteiger partial charge is 0.222 e. The fraction of sp³-hybridized carbons (Fsp3) is 0.833. The highest BCUT2D eigenvalue weighted by Crippen LogP contribution is 2.17. The molecule has 1 atom stereocenters. The van der Waals surface area contributed by atoms with Gasteiger partial charge < -0.3 is 10.2 Å². The first kappa shape index (κ1) is 12.5. The Morgan fingerprint density at radius 1 is 1.41 bits per heavy atom. The van der Waals surface area contributed by atoms with Gasteiger partial charge in [-0.15, -0.1) is 0 Å². The Hall–Kier alpha value is -0.940. The van der Waals surface area contributed by atoms with E-state index in [2.05, 4.69) is 10.2 Å². The molecule has 96 valence electrons. The standard InChI is InChI=1S/C12H21N3O2/c1-2-12(17)15-9-11(16)7-10(15)8-14-5-3-13-4-6-14/h10,13H,2-9H2,1H3. The molecule has 1 amide bonds. The molecular formula is C12H21N3O2. The van der Waals surface area contributed by atoms with Crippen LogP contribution >= 0.6 is 0 Å². The van der Waals surface area contributed by atoms with E-state index in [0.717, 1.165) is 32.7 Å². The van der Waals surface area contributed by atoms with Crippen molar-refractivity contribution in [2.75, 3.05) is 39.3 Å². The van der Waals surface area contributed by atoms with Crippen molar-refractivity contribution < 1.29 is 9.59 Å². The molecule has 0 spiro atoms. The van der Waals surface area contributed by atoms with Crippen molar-refractivity contribution in [3.63, 3.8) is 0 Å². The zero-order chi connectivity index (χ0) is 12.3. The minimum Gasteiger partial charge on any atom is -0.331 e. The van der Waals surface area contributed by atoms with Crippen molar-refractivity contribution in [2.24, 2.45) is 0 Å². The number of carbonyl (C=O) groups excluding carboxylic acids is 2. The molecule has 2 aliphatic heterocycles. The zero-order valence-electron chi connectivity index (χ0n) is 10.4. The van der Waals surface area contributed by atoms with Crippen molar-refractivity contribution in [3.05, 3.63) is 0 Å². The highest BCUT2D eigenvalue weighted by atomic mass is 16.2. The van der Waals surface area contributed by atoms with E-state index >= 15 is 0 Å². The lowest BCUT2D eigenvalue weighted by atomic mass is 10.2. The van der Waals surface area contributed by atoms with Crippen molar-refractivity contribution in [1.29, 1.82) is 0 Å². The summed E-state index contributed by atoms with van der Waals surface area (Å²) >= 11 is 0. The van der Waals surface area contributed by atoms with E-state index in [1.54, 1.807) is 4.90 Å². The molecule has 5 heteroatoms. The molecule has 2 rings (SSSR count). The molecule has 0 saturated carbocycles. The summed E-state index contributed by atoms with van der Waals surface area (Å²) in [5.74, 6) is 0.308. The van der Waals surface area contributed by atoms with E-state index in [4.69, 9.17) is 0 Å². The van der Waals surface area contributed by atoms with E-state index in [1.807, 2.05) is 6.92 Å². The molecule has 5 nitrogen and oxygen atoms in total. The lowest BCUT2D eigenvalue weighted by Crippen LogP contribution is -2.49. The zero-order valence-corrected chi connectivity index (χ0v) is 10.4. The van der Waals surface area contributed by atoms with Gasteiger partial charge in [0.2, 0.25) is 5.91 Å². The maximum Gasteiger partial charge on any atom is 0.222 e. The summed E-state index contributed by atoms with van der Waals surface area (Å²) < 4.78 is 0. The second kappa shape index (κ2) is 5.60. The molecule has 0 aromatic carbocycles. The van der Waals surface area contributed by atoms with Gasteiger partial charge in [0, 0.05) is 45.6 Å². The van der Waals surface area contributed by atoms with Crippen LogP contribution in [0.25, 0.3) is 0 Å². The van der Waals surface area contributed by atoms with Gasteiger partial charge in [0.05, 0.1) is 12.6 Å². The van der Waals surface area contributed by atoms with Gasteiger partial charge in [-0.1, -0.05) is 6.92 Å². The van der Waals surface area contributed by atoms with Crippen LogP contribution in [0.3, 0.4) is 0 Å². The van der Waals surface area contributed by atoms with Crippen molar-refractivity contribution in [1.82, 2.24) is 15.1 Å². The van der Waals surface area contributed by atoms with Crippen LogP contribution in [0.4, 0.5) is 0 Å². The Labute approximate surface area is 102 Å². The molecule has 0 aliphatic carbocycles. The number of ketones is 1. The summed E-state index contributed by atoms with van der Waals surface area (Å²) in [5.41, 5.74) is 0. The number of hydrogen-bond acceptors (Lipinski definition) is 4. The van der Waals surface area contributed by atoms with Crippen LogP contribution in [0.2, 0.25) is 0 Å². The number of likely N-dealkylation sites (tertiary alicyclic amines) is 1. The Morgan fingerprint density at radius 3 is 2.76 bits per heavy atom. The number of hydrogen-bond donors (Lipinski definition) is 1. The highest BCUT2D eigenvalue weighted by molar-refractivity contribution is 5.90. The van der Waals surface area contributed by atoms with Crippen molar-refractivity contribution in [3.8, 4) is 0 Å². The number of carbonyl (C=O) groups is 2. The number of Topliss-reactive ketones (excluding diaryl/α,β-unsaturated/α-hetero) is 1. The molecule has 1 unspecified atom stereocenters. The Balaban J connectivity index is 1.92. The lowest BCUT2D eigenvalue weighted by Gasteiger charge is -2.32. The summed E-state index contributed by atoms with van der Waals surface area (Å²) in [6.45, 7) is 7.05. The third-order valence-electron chi connectivity index (χ3n) is 3.55. The Kier molecular flexibility index (Phi) is 4.12. The van der Waals surface area contributed by atoms with Crippen LogP contribution in [0, 0.1) is 0 Å². The number of rotatable bonds is 3. The molecule has 0 bridgehead atoms. The number of nitrogens with zero attached hydrogens (tertiary/aromatic N) is 2. The minimum atomic E-state index is 0.105. The molecule has 2 saturated heterocycles. The first-order valence-corrected chi connectivity index (χ1v) is 6.45. The monoisotopic (exact) mass is 239 g/mol. The first-order chi connectivity index (χ1) is 8.20. The summed E-state index contributed by atoms with van der Waals surface area (Å²) in [7, 11) is 0. The van der Waals surface area contributed by atoms with E-state index in [0.29, 0.717) is 19.4 Å². The molecule has 0 aromatic heterocycles. The highest BCUT2D eigenvalue weighted by Gasteiger charge is 2.34. The molecule has 2 fully saturated rings. The summed E-state index contributed by atoms with van der Waals surface area (Å²) in [4.78, 5) is 27.4. The van der Waals surface area contributed by atoms with Gasteiger partial charge in [-0.25, -0.2) is 0 Å². The van der Waals surface area contributed by atoms with Crippen molar-refractivity contribution >= 4 is 11.7 Å². The SMILES string of the molecule is CCC(=O)N1CC(=O)CC1CN1CCNCC1. The first-order valence-electron chi connectivity index (χ1n) is 6.45. The predicted octanol–water partition coefficient (Wildman–Crippen LogP) is -0.528. The van der Waals surface area contributed by atoms with Gasteiger partial charge in [-0.05, 0) is 0 Å². The van der Waals surface area contributed by atoms with Gasteiger partial charge >= 0.3 is 0 Å². The van der Waals surface area contributed by atoms with Crippen LogP contribution in [0.5, 0.6) is 0 Å². The van der Waals surface area contributed by atoms with E-state index < -0.39 is 0 Å². The molecule has 0 radical (unpaired) electrons. The Bertz CT molecular complexity index is 300. The predicted molar refractivity (Wildman–Crippen MR) is 64.7 cm³/mol. The van der Waals surface area contributed by atoms with Crippen LogP contribution in [-0.4, -0.2) is 66.8 Å². The number of nitrogens with one attached hydrogen (secondary N) is 1. The number of piperazine rings is 1. The minimum absolute atomic E-state index is 0.105. The Morgan fingerprint density at radius 2 is 2.12 bits per heavy atom. The maximum absolute atomic E-state index is 11.8. The average molecular weight is 239 g/mol. The van der Waals surface area contributed by atoms with Crippen LogP contribution in [-0.2, 0) is 9.59 Å². The molecule has 17 heavy (non-hydrogen) atoms. The third kappa shape index (κ3) is 3.04. The summed E-state index contributed by atoms with van der Waals surface area (Å²) in [5, 5.41) is 3.30. The lowest BCUT2D eigenvalue weighted by molar-refractivity contribution is -0.133. The fourth-order valence-corrected chi connectivity index (χ4v) is 2.61. The van der Waals surface area contributed by atoms with E-state index in [-0.39, 0.29) is 17.7 Å². The quantitative estimate of drug-likeness (QED) is 0.719. The second-order valence-electron chi connectivity index (χ2n) is 4.82. The van der Waals surface area contributed by atoms with Gasteiger partial charge in [0.25, 0.3) is 0 Å². The molecular weight excluding hydrogens is 218 g/mol. The van der Waals surface area contributed by atoms with Gasteiger partial charge in [-0.2, -0.15) is 0 Å². The average Bonchev–Trinajstić information content (AvgIpc) is 2.70. The molecule has 1 N–H and O–H groups in total. The normalized spacial score (nSPS) is 26.5. The second-order valence-corrected chi connectivity index (χ2v) is 4.82. The largest absolute Gasteiger partial charge is 0.331 e. The van der Waals surface area contributed by atoms with Crippen LogP contribution in [0.15, 0.2) is 0 Å². The van der Waals surface area contributed by atoms with Gasteiger partial charge in [-0.3, -0.25) is 14.5 Å². The number of amides is 1. The van der Waals surface area contributed by atoms with Gasteiger partial charge in [0.1, 0.15) is 0 Å². The van der Waals surface area contributed by atoms with Crippen LogP contribution < -0.4 is 5.32 Å². The summed E-state index contributed by atoms with van der Waals surface area (Å²) in [6.07, 6.45) is 1.03. The molecule has 2 aliphatic rings. The van der Waals surface area contributed by atoms with E-state index in [9.17, 15) is 9.59 Å². The van der Waals surface area contributed by atoms with Crippen LogP contribution in [0.1, 0.15) is 19.8 Å². The third-order valence-corrected chi connectivity index (χ3v) is 3.55. The van der Waals surface area contributed by atoms with E-state index in [1.165, 1.54) is 0 Å². The topological polar surface area (TPSA) is 52.7 Å². The summed E-state index contributed by atoms with van der Waals surface area (Å²) in [6, 6.07) is 0.105. The molecule has 0 aromatic rings. The van der Waals surface area contributed by atoms with Crippen molar-refractivity contribution in [2.45, 2.75) is 25.8 Å². The fourth-order valence-electron chi connectivity index (χ4n) is 2.61. The van der Waals surface area contributed by atoms with Gasteiger partial charge in [0.15, 0.2) is 5.78 Å². The maximum atomic E-state index is 11.8.